The highest BCUT2D eigenvalue weighted by molar-refractivity contribution is 6.33. The molecule has 0 saturated heterocycles. The fraction of sp³-hybridized carbons (Fsp3) is 0.167. The molecule has 0 atom stereocenters. The average molecular weight is 322 g/mol. The van der Waals surface area contributed by atoms with Crippen molar-refractivity contribution in [2.24, 2.45) is 0 Å². The molecular weight excluding hydrogens is 314 g/mol. The predicted molar refractivity (Wildman–Crippen MR) is 70.8 cm³/mol. The summed E-state index contributed by atoms with van der Waals surface area (Å²) in [7, 11) is 0. The third-order valence-corrected chi connectivity index (χ3v) is 2.89. The molecule has 0 fully saturated rings. The van der Waals surface area contributed by atoms with E-state index in [1.165, 1.54) is 12.3 Å². The van der Waals surface area contributed by atoms with Crippen molar-refractivity contribution in [3.05, 3.63) is 51.9 Å². The number of rotatable bonds is 3. The van der Waals surface area contributed by atoms with Crippen molar-refractivity contribution < 1.29 is 13.2 Å². The van der Waals surface area contributed by atoms with Gasteiger partial charge in [-0.15, -0.1) is 0 Å². The minimum absolute atomic E-state index is 0.000872. The van der Waals surface area contributed by atoms with Crippen molar-refractivity contribution in [1.29, 1.82) is 0 Å². The lowest BCUT2D eigenvalue weighted by atomic mass is 10.1. The fourth-order valence-corrected chi connectivity index (χ4v) is 1.80. The van der Waals surface area contributed by atoms with E-state index in [2.05, 4.69) is 15.3 Å². The van der Waals surface area contributed by atoms with Gasteiger partial charge in [0.05, 0.1) is 11.8 Å². The number of aromatic nitrogens is 2. The molecule has 1 heterocycles. The normalized spacial score (nSPS) is 11.4. The Labute approximate surface area is 122 Å². The first-order valence-corrected chi connectivity index (χ1v) is 6.20. The second kappa shape index (κ2) is 5.85. The molecule has 0 saturated carbocycles. The van der Waals surface area contributed by atoms with Crippen LogP contribution in [0.5, 0.6) is 0 Å². The number of halogens is 5. The zero-order chi connectivity index (χ0) is 14.8. The second-order valence-corrected chi connectivity index (χ2v) is 4.63. The smallest absolute Gasteiger partial charge is 0.365 e. The maximum absolute atomic E-state index is 12.6. The van der Waals surface area contributed by atoms with Gasteiger partial charge in [-0.1, -0.05) is 23.7 Å². The van der Waals surface area contributed by atoms with E-state index in [4.69, 9.17) is 23.2 Å². The van der Waals surface area contributed by atoms with Gasteiger partial charge in [0.15, 0.2) is 0 Å². The Balaban J connectivity index is 2.13. The Kier molecular flexibility index (Phi) is 4.35. The van der Waals surface area contributed by atoms with Crippen LogP contribution in [0, 0.1) is 0 Å². The Morgan fingerprint density at radius 3 is 2.65 bits per heavy atom. The van der Waals surface area contributed by atoms with Crippen LogP contribution in [0.15, 0.2) is 30.5 Å². The van der Waals surface area contributed by atoms with Gasteiger partial charge < -0.3 is 5.32 Å². The number of nitrogens with zero attached hydrogens (tertiary/aromatic N) is 2. The summed E-state index contributed by atoms with van der Waals surface area (Å²) in [6.45, 7) is 0.136. The van der Waals surface area contributed by atoms with Crippen LogP contribution in [0.4, 0.5) is 19.0 Å². The first-order chi connectivity index (χ1) is 9.36. The highest BCUT2D eigenvalue weighted by atomic mass is 35.5. The number of nitrogens with one attached hydrogen (secondary N) is 1. The van der Waals surface area contributed by atoms with Gasteiger partial charge in [-0.05, 0) is 29.3 Å². The van der Waals surface area contributed by atoms with Gasteiger partial charge in [0, 0.05) is 6.54 Å². The van der Waals surface area contributed by atoms with Gasteiger partial charge in [-0.2, -0.15) is 18.2 Å². The number of anilines is 1. The summed E-state index contributed by atoms with van der Waals surface area (Å²) in [6.07, 6.45) is -3.06. The molecule has 0 bridgehead atoms. The second-order valence-electron chi connectivity index (χ2n) is 3.89. The number of hydrogen-bond donors (Lipinski definition) is 1. The SMILES string of the molecule is FC(F)(F)c1cccc(CNc2nc(Cl)ncc2Cl)c1. The van der Waals surface area contributed by atoms with Gasteiger partial charge >= 0.3 is 6.18 Å². The van der Waals surface area contributed by atoms with Crippen LogP contribution < -0.4 is 5.32 Å². The van der Waals surface area contributed by atoms with Crippen LogP contribution in [0.3, 0.4) is 0 Å². The Morgan fingerprint density at radius 2 is 1.95 bits per heavy atom. The van der Waals surface area contributed by atoms with Gasteiger partial charge in [-0.25, -0.2) is 4.98 Å². The summed E-state index contributed by atoms with van der Waals surface area (Å²) in [5, 5.41) is 3.05. The molecule has 0 amide bonds. The van der Waals surface area contributed by atoms with E-state index in [1.807, 2.05) is 0 Å². The van der Waals surface area contributed by atoms with E-state index >= 15 is 0 Å². The predicted octanol–water partition coefficient (Wildman–Crippen LogP) is 4.41. The first kappa shape index (κ1) is 14.9. The van der Waals surface area contributed by atoms with Crippen molar-refractivity contribution in [2.75, 3.05) is 5.32 Å². The Morgan fingerprint density at radius 1 is 1.20 bits per heavy atom. The fourth-order valence-electron chi connectivity index (χ4n) is 1.51. The molecule has 0 aliphatic rings. The van der Waals surface area contributed by atoms with E-state index in [0.29, 0.717) is 5.56 Å². The summed E-state index contributed by atoms with van der Waals surface area (Å²) in [6, 6.07) is 4.98. The molecule has 0 aliphatic heterocycles. The van der Waals surface area contributed by atoms with E-state index in [1.54, 1.807) is 6.07 Å². The van der Waals surface area contributed by atoms with Crippen molar-refractivity contribution >= 4 is 29.0 Å². The van der Waals surface area contributed by atoms with Crippen LogP contribution in [0.25, 0.3) is 0 Å². The van der Waals surface area contributed by atoms with Crippen LogP contribution in [0.1, 0.15) is 11.1 Å². The molecule has 8 heteroatoms. The topological polar surface area (TPSA) is 37.8 Å². The highest BCUT2D eigenvalue weighted by Gasteiger charge is 2.30. The van der Waals surface area contributed by atoms with E-state index in [-0.39, 0.29) is 22.7 Å². The molecule has 0 radical (unpaired) electrons. The quantitative estimate of drug-likeness (QED) is 0.851. The highest BCUT2D eigenvalue weighted by Crippen LogP contribution is 2.29. The molecular formula is C12H8Cl2F3N3. The lowest BCUT2D eigenvalue weighted by Crippen LogP contribution is -2.07. The Hall–Kier alpha value is -1.53. The zero-order valence-corrected chi connectivity index (χ0v) is 11.4. The number of hydrogen-bond acceptors (Lipinski definition) is 3. The molecule has 1 aromatic carbocycles. The largest absolute Gasteiger partial charge is 0.416 e. The molecule has 0 spiro atoms. The minimum Gasteiger partial charge on any atom is -0.365 e. The molecule has 20 heavy (non-hydrogen) atoms. The lowest BCUT2D eigenvalue weighted by molar-refractivity contribution is -0.137. The van der Waals surface area contributed by atoms with Crippen molar-refractivity contribution in [3.63, 3.8) is 0 Å². The van der Waals surface area contributed by atoms with E-state index in [0.717, 1.165) is 12.1 Å². The first-order valence-electron chi connectivity index (χ1n) is 5.44. The van der Waals surface area contributed by atoms with Crippen LogP contribution >= 0.6 is 23.2 Å². The van der Waals surface area contributed by atoms with Crippen molar-refractivity contribution in [3.8, 4) is 0 Å². The molecule has 1 aromatic heterocycles. The van der Waals surface area contributed by atoms with Gasteiger partial charge in [0.25, 0.3) is 0 Å². The van der Waals surface area contributed by atoms with E-state index < -0.39 is 11.7 Å². The molecule has 1 N–H and O–H groups in total. The third-order valence-electron chi connectivity index (χ3n) is 2.43. The molecule has 106 valence electrons. The zero-order valence-electron chi connectivity index (χ0n) is 9.88. The molecule has 3 nitrogen and oxygen atoms in total. The number of benzene rings is 1. The van der Waals surface area contributed by atoms with Crippen molar-refractivity contribution in [1.82, 2.24) is 9.97 Å². The average Bonchev–Trinajstić information content (AvgIpc) is 2.39. The summed E-state index contributed by atoms with van der Waals surface area (Å²) in [5.74, 6) is 0.268. The maximum atomic E-state index is 12.6. The molecule has 0 aliphatic carbocycles. The maximum Gasteiger partial charge on any atom is 0.416 e. The molecule has 0 unspecified atom stereocenters. The van der Waals surface area contributed by atoms with Crippen LogP contribution in [-0.4, -0.2) is 9.97 Å². The molecule has 2 rings (SSSR count). The number of alkyl halides is 3. The van der Waals surface area contributed by atoms with Crippen LogP contribution in [0.2, 0.25) is 10.3 Å². The van der Waals surface area contributed by atoms with Gasteiger partial charge in [0.1, 0.15) is 10.8 Å². The van der Waals surface area contributed by atoms with Gasteiger partial charge in [0.2, 0.25) is 5.28 Å². The summed E-state index contributed by atoms with van der Waals surface area (Å²) >= 11 is 11.5. The Bertz CT molecular complexity index is 617. The third kappa shape index (κ3) is 3.74. The van der Waals surface area contributed by atoms with Gasteiger partial charge in [-0.3, -0.25) is 0 Å². The summed E-state index contributed by atoms with van der Waals surface area (Å²) < 4.78 is 37.7. The van der Waals surface area contributed by atoms with Crippen LogP contribution in [-0.2, 0) is 12.7 Å². The summed E-state index contributed by atoms with van der Waals surface area (Å²) in [5.41, 5.74) is -0.255. The minimum atomic E-state index is -4.37. The molecule has 2 aromatic rings. The summed E-state index contributed by atoms with van der Waals surface area (Å²) in [4.78, 5) is 7.52. The lowest BCUT2D eigenvalue weighted by Gasteiger charge is -2.10. The standard InChI is InChI=1S/C12H8Cl2F3N3/c13-9-6-19-11(14)20-10(9)18-5-7-2-1-3-8(4-7)12(15,16)17/h1-4,6H,5H2,(H,18,19,20). The monoisotopic (exact) mass is 321 g/mol. The van der Waals surface area contributed by atoms with E-state index in [9.17, 15) is 13.2 Å². The van der Waals surface area contributed by atoms with Crippen molar-refractivity contribution in [2.45, 2.75) is 12.7 Å².